The van der Waals surface area contributed by atoms with E-state index >= 15 is 0 Å². The minimum Gasteiger partial charge on any atom is -0.334 e. The molecule has 1 unspecified atom stereocenters. The average molecular weight is 278 g/mol. The van der Waals surface area contributed by atoms with Crippen LogP contribution in [0.2, 0.25) is 0 Å². The molecule has 1 aliphatic heterocycles. The predicted octanol–water partition coefficient (Wildman–Crippen LogP) is 3.08. The highest BCUT2D eigenvalue weighted by Gasteiger charge is 2.35. The lowest BCUT2D eigenvalue weighted by Gasteiger charge is -2.34. The third-order valence-electron chi connectivity index (χ3n) is 3.15. The Bertz CT molecular complexity index is 519. The zero-order valence-electron chi connectivity index (χ0n) is 11.9. The molecule has 20 heavy (non-hydrogen) atoms. The number of rotatable bonds is 2. The van der Waals surface area contributed by atoms with Crippen LogP contribution in [0, 0.1) is 11.2 Å². The normalized spacial score (nSPS) is 20.0. The summed E-state index contributed by atoms with van der Waals surface area (Å²) in [6, 6.07) is 5.03. The molecule has 1 N–H and O–H groups in total. The number of anilines is 1. The Kier molecular flexibility index (Phi) is 3.79. The van der Waals surface area contributed by atoms with Gasteiger partial charge in [0.1, 0.15) is 5.82 Å². The number of carbonyl (C=O) groups excluding carboxylic acids is 2. The van der Waals surface area contributed by atoms with Crippen molar-refractivity contribution in [3.63, 3.8) is 0 Å². The third-order valence-corrected chi connectivity index (χ3v) is 3.15. The number of halogens is 1. The minimum absolute atomic E-state index is 0.00390. The Morgan fingerprint density at radius 3 is 2.50 bits per heavy atom. The van der Waals surface area contributed by atoms with Crippen molar-refractivity contribution < 1.29 is 14.0 Å². The fraction of sp³-hybridized carbons (Fsp3) is 0.467. The van der Waals surface area contributed by atoms with Crippen molar-refractivity contribution >= 4 is 17.6 Å². The first-order chi connectivity index (χ1) is 9.28. The lowest BCUT2D eigenvalue weighted by atomic mass is 9.86. The van der Waals surface area contributed by atoms with E-state index in [0.29, 0.717) is 6.42 Å². The number of nitrogens with one attached hydrogen (secondary N) is 1. The van der Waals surface area contributed by atoms with Gasteiger partial charge in [-0.2, -0.15) is 0 Å². The van der Waals surface area contributed by atoms with Crippen molar-refractivity contribution in [2.75, 3.05) is 4.90 Å². The number of para-hydroxylation sites is 1. The minimum atomic E-state index is -0.578. The SMILES string of the molecule is CC(C)(C)CC1CC(=O)N(c2ccccc2F)C(=O)N1. The van der Waals surface area contributed by atoms with Gasteiger partial charge < -0.3 is 5.32 Å². The zero-order chi connectivity index (χ0) is 14.9. The molecule has 1 aromatic carbocycles. The summed E-state index contributed by atoms with van der Waals surface area (Å²) >= 11 is 0. The number of nitrogens with zero attached hydrogens (tertiary/aromatic N) is 1. The number of benzene rings is 1. The largest absolute Gasteiger partial charge is 0.334 e. The standard InChI is InChI=1S/C15H19FN2O2/c1-15(2,3)9-10-8-13(19)18(14(20)17-10)12-7-5-4-6-11(12)16/h4-7,10H,8-9H2,1-3H3,(H,17,20). The molecule has 1 heterocycles. The van der Waals surface area contributed by atoms with Crippen LogP contribution in [0.15, 0.2) is 24.3 Å². The summed E-state index contributed by atoms with van der Waals surface area (Å²) in [5.41, 5.74) is 0.0162. The third kappa shape index (κ3) is 3.15. The summed E-state index contributed by atoms with van der Waals surface area (Å²) in [5, 5.41) is 2.78. The second-order valence-corrected chi connectivity index (χ2v) is 6.30. The molecule has 0 aromatic heterocycles. The van der Waals surface area contributed by atoms with E-state index in [4.69, 9.17) is 0 Å². The first-order valence-corrected chi connectivity index (χ1v) is 6.66. The number of hydrogen-bond donors (Lipinski definition) is 1. The molecule has 3 amide bonds. The van der Waals surface area contributed by atoms with Crippen LogP contribution in [0.3, 0.4) is 0 Å². The average Bonchev–Trinajstić information content (AvgIpc) is 2.28. The lowest BCUT2D eigenvalue weighted by molar-refractivity contribution is -0.119. The summed E-state index contributed by atoms with van der Waals surface area (Å²) in [7, 11) is 0. The number of hydrogen-bond acceptors (Lipinski definition) is 2. The molecular weight excluding hydrogens is 259 g/mol. The quantitative estimate of drug-likeness (QED) is 0.903. The maximum Gasteiger partial charge on any atom is 0.329 e. The van der Waals surface area contributed by atoms with E-state index in [1.54, 1.807) is 6.07 Å². The Labute approximate surface area is 118 Å². The van der Waals surface area contributed by atoms with Gasteiger partial charge in [0.15, 0.2) is 0 Å². The van der Waals surface area contributed by atoms with Gasteiger partial charge >= 0.3 is 6.03 Å². The lowest BCUT2D eigenvalue weighted by Crippen LogP contribution is -2.55. The molecule has 0 saturated carbocycles. The Morgan fingerprint density at radius 2 is 1.95 bits per heavy atom. The van der Waals surface area contributed by atoms with Gasteiger partial charge in [0.05, 0.1) is 5.69 Å². The van der Waals surface area contributed by atoms with Crippen LogP contribution in [0.25, 0.3) is 0 Å². The second-order valence-electron chi connectivity index (χ2n) is 6.30. The van der Waals surface area contributed by atoms with Crippen LogP contribution in [0.1, 0.15) is 33.6 Å². The maximum atomic E-state index is 13.7. The fourth-order valence-electron chi connectivity index (χ4n) is 2.44. The highest BCUT2D eigenvalue weighted by atomic mass is 19.1. The fourth-order valence-corrected chi connectivity index (χ4v) is 2.44. The van der Waals surface area contributed by atoms with Crippen molar-refractivity contribution in [1.29, 1.82) is 0 Å². The van der Waals surface area contributed by atoms with Crippen molar-refractivity contribution in [1.82, 2.24) is 5.32 Å². The van der Waals surface area contributed by atoms with Crippen molar-refractivity contribution in [2.24, 2.45) is 5.41 Å². The van der Waals surface area contributed by atoms with Gasteiger partial charge in [-0.15, -0.1) is 0 Å². The number of imide groups is 1. The summed E-state index contributed by atoms with van der Waals surface area (Å²) in [6.07, 6.45) is 0.896. The maximum absolute atomic E-state index is 13.7. The van der Waals surface area contributed by atoms with Crippen molar-refractivity contribution in [2.45, 2.75) is 39.7 Å². The van der Waals surface area contributed by atoms with Gasteiger partial charge in [0.2, 0.25) is 5.91 Å². The van der Waals surface area contributed by atoms with Crippen LogP contribution >= 0.6 is 0 Å². The smallest absolute Gasteiger partial charge is 0.329 e. The molecule has 0 spiro atoms. The molecule has 4 nitrogen and oxygen atoms in total. The van der Waals surface area contributed by atoms with Gasteiger partial charge in [-0.25, -0.2) is 14.1 Å². The number of amides is 3. The van der Waals surface area contributed by atoms with E-state index in [2.05, 4.69) is 5.32 Å². The van der Waals surface area contributed by atoms with E-state index in [-0.39, 0.29) is 29.5 Å². The van der Waals surface area contributed by atoms with Gasteiger partial charge in [0, 0.05) is 12.5 Å². The Morgan fingerprint density at radius 1 is 1.30 bits per heavy atom. The number of urea groups is 1. The molecule has 108 valence electrons. The van der Waals surface area contributed by atoms with E-state index in [0.717, 1.165) is 4.90 Å². The van der Waals surface area contributed by atoms with E-state index in [1.165, 1.54) is 18.2 Å². The van der Waals surface area contributed by atoms with Crippen LogP contribution in [0.5, 0.6) is 0 Å². The molecule has 0 bridgehead atoms. The topological polar surface area (TPSA) is 49.4 Å². The Hall–Kier alpha value is -1.91. The molecule has 2 rings (SSSR count). The Balaban J connectivity index is 2.18. The monoisotopic (exact) mass is 278 g/mol. The first kappa shape index (κ1) is 14.5. The van der Waals surface area contributed by atoms with E-state index in [1.807, 2.05) is 20.8 Å². The molecule has 1 aromatic rings. The van der Waals surface area contributed by atoms with E-state index < -0.39 is 11.8 Å². The predicted molar refractivity (Wildman–Crippen MR) is 74.9 cm³/mol. The van der Waals surface area contributed by atoms with Crippen LogP contribution < -0.4 is 10.2 Å². The van der Waals surface area contributed by atoms with Crippen LogP contribution in [-0.2, 0) is 4.79 Å². The molecule has 1 saturated heterocycles. The molecule has 1 atom stereocenters. The second kappa shape index (κ2) is 5.23. The highest BCUT2D eigenvalue weighted by Crippen LogP contribution is 2.27. The zero-order valence-corrected chi connectivity index (χ0v) is 11.9. The van der Waals surface area contributed by atoms with Crippen molar-refractivity contribution in [3.05, 3.63) is 30.1 Å². The molecular formula is C15H19FN2O2. The van der Waals surface area contributed by atoms with Gasteiger partial charge in [-0.1, -0.05) is 32.9 Å². The van der Waals surface area contributed by atoms with E-state index in [9.17, 15) is 14.0 Å². The summed E-state index contributed by atoms with van der Waals surface area (Å²) in [6.45, 7) is 6.15. The molecule has 0 radical (unpaired) electrons. The molecule has 0 aliphatic carbocycles. The summed E-state index contributed by atoms with van der Waals surface area (Å²) in [5.74, 6) is -0.946. The molecule has 1 fully saturated rings. The molecule has 5 heteroatoms. The highest BCUT2D eigenvalue weighted by molar-refractivity contribution is 6.16. The van der Waals surface area contributed by atoms with Crippen molar-refractivity contribution in [3.8, 4) is 0 Å². The summed E-state index contributed by atoms with van der Waals surface area (Å²) in [4.78, 5) is 25.1. The van der Waals surface area contributed by atoms with Gasteiger partial charge in [0.25, 0.3) is 0 Å². The summed E-state index contributed by atoms with van der Waals surface area (Å²) < 4.78 is 13.7. The number of carbonyl (C=O) groups is 2. The van der Waals surface area contributed by atoms with Gasteiger partial charge in [-0.3, -0.25) is 4.79 Å². The van der Waals surface area contributed by atoms with Crippen LogP contribution in [-0.4, -0.2) is 18.0 Å². The van der Waals surface area contributed by atoms with Crippen LogP contribution in [0.4, 0.5) is 14.9 Å². The first-order valence-electron chi connectivity index (χ1n) is 6.66. The van der Waals surface area contributed by atoms with Gasteiger partial charge in [-0.05, 0) is 24.0 Å². The molecule has 1 aliphatic rings.